The van der Waals surface area contributed by atoms with Crippen LogP contribution in [0.1, 0.15) is 30.6 Å². The largest absolute Gasteiger partial charge is 0.495 e. The third-order valence-corrected chi connectivity index (χ3v) is 6.12. The molecule has 0 bridgehead atoms. The van der Waals surface area contributed by atoms with E-state index in [1.54, 1.807) is 36.4 Å². The molecule has 0 aliphatic rings. The normalized spacial score (nSPS) is 11.2. The summed E-state index contributed by atoms with van der Waals surface area (Å²) in [4.78, 5) is 12.4. The number of ether oxygens (including phenoxy) is 1. The van der Waals surface area contributed by atoms with E-state index in [4.69, 9.17) is 4.74 Å². The fourth-order valence-electron chi connectivity index (χ4n) is 2.78. The summed E-state index contributed by atoms with van der Waals surface area (Å²) in [5.41, 5.74) is 0.704. The van der Waals surface area contributed by atoms with Crippen LogP contribution >= 0.6 is 0 Å². The molecular weight excluding hydrogens is 388 g/mol. The number of benzene rings is 2. The minimum Gasteiger partial charge on any atom is -0.495 e. The Labute approximate surface area is 173 Å². The molecule has 7 heteroatoms. The number of hydrogen-bond acceptors (Lipinski definition) is 4. The molecule has 156 valence electrons. The van der Waals surface area contributed by atoms with Crippen molar-refractivity contribution in [3.05, 3.63) is 66.7 Å². The summed E-state index contributed by atoms with van der Waals surface area (Å²) in [7, 11) is -2.45. The maximum absolute atomic E-state index is 13.4. The number of hydrogen-bond donors (Lipinski definition) is 1. The molecule has 2 rings (SSSR count). The molecule has 2 aromatic rings. The highest BCUT2D eigenvalue weighted by Crippen LogP contribution is 2.32. The van der Waals surface area contributed by atoms with Crippen molar-refractivity contribution in [2.75, 3.05) is 24.5 Å². The smallest absolute Gasteiger partial charge is 0.264 e. The average molecular weight is 417 g/mol. The molecule has 0 radical (unpaired) electrons. The molecule has 0 unspecified atom stereocenters. The van der Waals surface area contributed by atoms with E-state index in [0.29, 0.717) is 29.5 Å². The highest BCUT2D eigenvalue weighted by atomic mass is 32.2. The third kappa shape index (κ3) is 5.60. The molecule has 0 heterocycles. The van der Waals surface area contributed by atoms with Crippen molar-refractivity contribution in [1.82, 2.24) is 5.32 Å². The van der Waals surface area contributed by atoms with E-state index in [9.17, 15) is 13.2 Å². The number of nitrogens with one attached hydrogen (secondary N) is 1. The van der Waals surface area contributed by atoms with Crippen LogP contribution in [0, 0.1) is 5.92 Å². The zero-order chi connectivity index (χ0) is 21.4. The molecule has 1 amide bonds. The average Bonchev–Trinajstić information content (AvgIpc) is 2.71. The second kappa shape index (κ2) is 10.1. The zero-order valence-corrected chi connectivity index (χ0v) is 17.9. The van der Waals surface area contributed by atoms with Crippen LogP contribution in [0.25, 0.3) is 0 Å². The van der Waals surface area contributed by atoms with Gasteiger partial charge in [-0.3, -0.25) is 9.10 Å². The molecule has 0 fully saturated rings. The number of carbonyl (C=O) groups excluding carboxylic acids is 1. The lowest BCUT2D eigenvalue weighted by Gasteiger charge is -2.25. The number of rotatable bonds is 10. The fourth-order valence-corrected chi connectivity index (χ4v) is 4.27. The number of amides is 1. The SMILES string of the molecule is C=CCN(c1ccccc1OC)S(=O)(=O)c1cccc(C(=O)NCCC(C)C)c1. The molecule has 6 nitrogen and oxygen atoms in total. The summed E-state index contributed by atoms with van der Waals surface area (Å²) in [5, 5.41) is 2.83. The van der Waals surface area contributed by atoms with Crippen LogP contribution in [0.3, 0.4) is 0 Å². The van der Waals surface area contributed by atoms with Gasteiger partial charge in [0.25, 0.3) is 15.9 Å². The zero-order valence-electron chi connectivity index (χ0n) is 17.1. The van der Waals surface area contributed by atoms with Crippen molar-refractivity contribution in [2.45, 2.75) is 25.2 Å². The van der Waals surface area contributed by atoms with Gasteiger partial charge in [-0.05, 0) is 42.7 Å². The van der Waals surface area contributed by atoms with Gasteiger partial charge >= 0.3 is 0 Å². The minimum atomic E-state index is -3.94. The summed E-state index contributed by atoms with van der Waals surface area (Å²) in [6.07, 6.45) is 2.36. The highest BCUT2D eigenvalue weighted by molar-refractivity contribution is 7.92. The van der Waals surface area contributed by atoms with Gasteiger partial charge in [0.1, 0.15) is 5.75 Å². The van der Waals surface area contributed by atoms with Gasteiger partial charge in [-0.1, -0.05) is 38.1 Å². The molecule has 0 spiro atoms. The van der Waals surface area contributed by atoms with Gasteiger partial charge in [0.05, 0.1) is 24.2 Å². The second-order valence-electron chi connectivity index (χ2n) is 6.96. The number of nitrogens with zero attached hydrogens (tertiary/aromatic N) is 1. The Balaban J connectivity index is 2.37. The van der Waals surface area contributed by atoms with Gasteiger partial charge < -0.3 is 10.1 Å². The first kappa shape index (κ1) is 22.5. The predicted molar refractivity (Wildman–Crippen MR) is 116 cm³/mol. The van der Waals surface area contributed by atoms with Gasteiger partial charge in [0, 0.05) is 12.1 Å². The second-order valence-corrected chi connectivity index (χ2v) is 8.83. The van der Waals surface area contributed by atoms with Crippen LogP contribution in [0.2, 0.25) is 0 Å². The quantitative estimate of drug-likeness (QED) is 0.597. The lowest BCUT2D eigenvalue weighted by Crippen LogP contribution is -2.32. The lowest BCUT2D eigenvalue weighted by molar-refractivity contribution is 0.0952. The number of anilines is 1. The van der Waals surface area contributed by atoms with Crippen LogP contribution in [-0.2, 0) is 10.0 Å². The molecule has 0 aromatic heterocycles. The Hall–Kier alpha value is -2.80. The molecule has 2 aromatic carbocycles. The molecule has 0 saturated heterocycles. The van der Waals surface area contributed by atoms with Gasteiger partial charge in [0.15, 0.2) is 0 Å². The molecule has 1 N–H and O–H groups in total. The van der Waals surface area contributed by atoms with Crippen molar-refractivity contribution in [1.29, 1.82) is 0 Å². The predicted octanol–water partition coefficient (Wildman–Crippen LogP) is 3.85. The van der Waals surface area contributed by atoms with Crippen molar-refractivity contribution in [3.8, 4) is 5.75 Å². The van der Waals surface area contributed by atoms with E-state index in [2.05, 4.69) is 25.7 Å². The first-order valence-corrected chi connectivity index (χ1v) is 10.9. The fraction of sp³-hybridized carbons (Fsp3) is 0.318. The topological polar surface area (TPSA) is 75.7 Å². The first-order chi connectivity index (χ1) is 13.8. The summed E-state index contributed by atoms with van der Waals surface area (Å²) in [5.74, 6) is 0.603. The lowest BCUT2D eigenvalue weighted by atomic mass is 10.1. The Morgan fingerprint density at radius 1 is 1.21 bits per heavy atom. The van der Waals surface area contributed by atoms with E-state index in [0.717, 1.165) is 6.42 Å². The van der Waals surface area contributed by atoms with E-state index in [-0.39, 0.29) is 17.3 Å². The van der Waals surface area contributed by atoms with Gasteiger partial charge in [-0.15, -0.1) is 6.58 Å². The van der Waals surface area contributed by atoms with E-state index >= 15 is 0 Å². The van der Waals surface area contributed by atoms with Crippen LogP contribution in [0.5, 0.6) is 5.75 Å². The minimum absolute atomic E-state index is 0.0294. The molecule has 0 atom stereocenters. The van der Waals surface area contributed by atoms with Crippen LogP contribution in [0.4, 0.5) is 5.69 Å². The molecule has 0 saturated carbocycles. The Morgan fingerprint density at radius 2 is 1.93 bits per heavy atom. The van der Waals surface area contributed by atoms with Crippen LogP contribution in [0.15, 0.2) is 66.1 Å². The van der Waals surface area contributed by atoms with Crippen molar-refractivity contribution in [3.63, 3.8) is 0 Å². The van der Waals surface area contributed by atoms with Gasteiger partial charge in [0.2, 0.25) is 0 Å². The number of sulfonamides is 1. The van der Waals surface area contributed by atoms with Crippen molar-refractivity contribution >= 4 is 21.6 Å². The third-order valence-electron chi connectivity index (χ3n) is 4.34. The van der Waals surface area contributed by atoms with Crippen LogP contribution < -0.4 is 14.4 Å². The van der Waals surface area contributed by atoms with Gasteiger partial charge in [-0.25, -0.2) is 8.42 Å². The Kier molecular flexibility index (Phi) is 7.84. The van der Waals surface area contributed by atoms with Crippen molar-refractivity contribution < 1.29 is 17.9 Å². The number of para-hydroxylation sites is 2. The molecule has 0 aliphatic carbocycles. The number of carbonyl (C=O) groups is 1. The monoisotopic (exact) mass is 416 g/mol. The maximum atomic E-state index is 13.4. The van der Waals surface area contributed by atoms with Crippen molar-refractivity contribution in [2.24, 2.45) is 5.92 Å². The molecular formula is C22H28N2O4S. The molecule has 0 aliphatic heterocycles. The standard InChI is InChI=1S/C22H28N2O4S/c1-5-15-24(20-11-6-7-12-21(20)28-4)29(26,27)19-10-8-9-18(16-19)22(25)23-14-13-17(2)3/h5-12,16-17H,1,13-15H2,2-4H3,(H,23,25). The summed E-state index contributed by atoms with van der Waals surface area (Å²) in [6.45, 7) is 8.42. The maximum Gasteiger partial charge on any atom is 0.264 e. The number of methoxy groups -OCH3 is 1. The van der Waals surface area contributed by atoms with E-state index in [1.807, 2.05) is 0 Å². The highest BCUT2D eigenvalue weighted by Gasteiger charge is 2.27. The summed E-state index contributed by atoms with van der Waals surface area (Å²) in [6, 6.07) is 12.9. The Morgan fingerprint density at radius 3 is 2.59 bits per heavy atom. The molecule has 29 heavy (non-hydrogen) atoms. The summed E-state index contributed by atoms with van der Waals surface area (Å²) >= 11 is 0. The van der Waals surface area contributed by atoms with E-state index in [1.165, 1.54) is 29.6 Å². The first-order valence-electron chi connectivity index (χ1n) is 9.46. The van der Waals surface area contributed by atoms with Gasteiger partial charge in [-0.2, -0.15) is 0 Å². The summed E-state index contributed by atoms with van der Waals surface area (Å²) < 4.78 is 33.3. The van der Waals surface area contributed by atoms with Crippen LogP contribution in [-0.4, -0.2) is 34.5 Å². The van der Waals surface area contributed by atoms with E-state index < -0.39 is 10.0 Å². The Bertz CT molecular complexity index is 955.